The molecule has 3 aliphatic heterocycles. The van der Waals surface area contributed by atoms with Crippen LogP contribution in [0.5, 0.6) is 0 Å². The van der Waals surface area contributed by atoms with E-state index in [4.69, 9.17) is 9.72 Å². The van der Waals surface area contributed by atoms with Crippen LogP contribution in [0.1, 0.15) is 29.3 Å². The average Bonchev–Trinajstić information content (AvgIpc) is 2.94. The van der Waals surface area contributed by atoms with Crippen molar-refractivity contribution in [2.24, 2.45) is 0 Å². The summed E-state index contributed by atoms with van der Waals surface area (Å²) in [4.78, 5) is 7.43. The van der Waals surface area contributed by atoms with Gasteiger partial charge in [0.25, 0.3) is 0 Å². The Morgan fingerprint density at radius 2 is 2.17 bits per heavy atom. The number of aromatic nitrogens is 1. The van der Waals surface area contributed by atoms with Crippen molar-refractivity contribution in [2.75, 3.05) is 18.0 Å². The van der Waals surface area contributed by atoms with Crippen molar-refractivity contribution in [1.29, 1.82) is 0 Å². The summed E-state index contributed by atoms with van der Waals surface area (Å²) in [6, 6.07) is 1.13. The third-order valence-corrected chi connectivity index (χ3v) is 4.62. The number of rotatable bonds is 0. The van der Waals surface area contributed by atoms with Gasteiger partial charge in [-0.25, -0.2) is 4.98 Å². The van der Waals surface area contributed by atoms with Gasteiger partial charge in [0.15, 0.2) is 0 Å². The maximum atomic E-state index is 5.54. The van der Waals surface area contributed by atoms with E-state index in [2.05, 4.69) is 24.1 Å². The molecule has 0 saturated carbocycles. The molecule has 1 aromatic heterocycles. The highest BCUT2D eigenvalue weighted by molar-refractivity contribution is 5.61. The Labute approximate surface area is 107 Å². The standard InChI is InChI=1S/C14H19N3O/c1-8-4-15-5-10-3-11-9(2)12-6-18-7-13(12)16-14(11)17(8)10/h8,10,15H,3-7H2,1-2H3/t8-,10-/m1/s1. The van der Waals surface area contributed by atoms with Crippen molar-refractivity contribution in [3.8, 4) is 0 Å². The molecule has 0 aliphatic carbocycles. The minimum atomic E-state index is 0.539. The summed E-state index contributed by atoms with van der Waals surface area (Å²) >= 11 is 0. The SMILES string of the molecule is Cc1c2c(nc3c1C[C@@H]1CNC[C@@H](C)N31)COC2. The van der Waals surface area contributed by atoms with E-state index in [0.717, 1.165) is 31.8 Å². The number of fused-ring (bicyclic) bond motifs is 4. The van der Waals surface area contributed by atoms with Gasteiger partial charge in [-0.1, -0.05) is 0 Å². The molecule has 4 heterocycles. The van der Waals surface area contributed by atoms with Gasteiger partial charge in [0.1, 0.15) is 5.82 Å². The van der Waals surface area contributed by atoms with E-state index in [1.807, 2.05) is 0 Å². The average molecular weight is 245 g/mol. The van der Waals surface area contributed by atoms with Gasteiger partial charge < -0.3 is 15.0 Å². The van der Waals surface area contributed by atoms with Crippen LogP contribution in [-0.4, -0.2) is 30.2 Å². The Balaban J connectivity index is 1.86. The zero-order valence-electron chi connectivity index (χ0n) is 11.0. The minimum absolute atomic E-state index is 0.539. The molecule has 1 saturated heterocycles. The fourth-order valence-electron chi connectivity index (χ4n) is 3.65. The number of hydrogen-bond acceptors (Lipinski definition) is 4. The maximum absolute atomic E-state index is 5.54. The topological polar surface area (TPSA) is 37.4 Å². The van der Waals surface area contributed by atoms with E-state index in [0.29, 0.717) is 18.7 Å². The van der Waals surface area contributed by atoms with Gasteiger partial charge in [0, 0.05) is 36.3 Å². The number of nitrogens with one attached hydrogen (secondary N) is 1. The second kappa shape index (κ2) is 3.68. The fraction of sp³-hybridized carbons (Fsp3) is 0.643. The number of ether oxygens (including phenoxy) is 1. The Bertz CT molecular complexity index is 514. The van der Waals surface area contributed by atoms with Crippen LogP contribution in [0.3, 0.4) is 0 Å². The number of nitrogens with zero attached hydrogens (tertiary/aromatic N) is 2. The molecule has 4 heteroatoms. The van der Waals surface area contributed by atoms with Crippen molar-refractivity contribution in [3.63, 3.8) is 0 Å². The van der Waals surface area contributed by atoms with Crippen LogP contribution in [0.25, 0.3) is 0 Å². The molecule has 0 spiro atoms. The van der Waals surface area contributed by atoms with Crippen LogP contribution >= 0.6 is 0 Å². The molecule has 18 heavy (non-hydrogen) atoms. The van der Waals surface area contributed by atoms with Gasteiger partial charge in [-0.2, -0.15) is 0 Å². The lowest BCUT2D eigenvalue weighted by Crippen LogP contribution is -2.55. The molecular weight excluding hydrogens is 226 g/mol. The molecule has 4 rings (SSSR count). The molecule has 2 atom stereocenters. The Morgan fingerprint density at radius 3 is 3.06 bits per heavy atom. The van der Waals surface area contributed by atoms with Gasteiger partial charge in [-0.3, -0.25) is 0 Å². The van der Waals surface area contributed by atoms with Gasteiger partial charge in [-0.15, -0.1) is 0 Å². The van der Waals surface area contributed by atoms with E-state index in [9.17, 15) is 0 Å². The third kappa shape index (κ3) is 1.30. The quantitative estimate of drug-likeness (QED) is 0.744. The lowest BCUT2D eigenvalue weighted by Gasteiger charge is -2.37. The summed E-state index contributed by atoms with van der Waals surface area (Å²) in [5.41, 5.74) is 5.39. The number of hydrogen-bond donors (Lipinski definition) is 1. The Hall–Kier alpha value is -1.13. The van der Waals surface area contributed by atoms with Crippen LogP contribution in [-0.2, 0) is 24.4 Å². The summed E-state index contributed by atoms with van der Waals surface area (Å²) in [6.07, 6.45) is 1.14. The summed E-state index contributed by atoms with van der Waals surface area (Å²) in [6.45, 7) is 8.11. The van der Waals surface area contributed by atoms with Crippen molar-refractivity contribution in [1.82, 2.24) is 10.3 Å². The van der Waals surface area contributed by atoms with Crippen molar-refractivity contribution >= 4 is 5.82 Å². The Kier molecular flexibility index (Phi) is 2.20. The van der Waals surface area contributed by atoms with Gasteiger partial charge in [-0.05, 0) is 25.8 Å². The molecule has 4 nitrogen and oxygen atoms in total. The van der Waals surface area contributed by atoms with Crippen molar-refractivity contribution in [2.45, 2.75) is 45.6 Å². The number of anilines is 1. The van der Waals surface area contributed by atoms with Crippen LogP contribution in [0.2, 0.25) is 0 Å². The largest absolute Gasteiger partial charge is 0.370 e. The van der Waals surface area contributed by atoms with E-state index in [-0.39, 0.29) is 0 Å². The first-order valence-corrected chi connectivity index (χ1v) is 6.83. The second-order valence-electron chi connectivity index (χ2n) is 5.73. The first-order chi connectivity index (χ1) is 8.75. The van der Waals surface area contributed by atoms with E-state index in [1.54, 1.807) is 0 Å². The number of piperazine rings is 1. The first-order valence-electron chi connectivity index (χ1n) is 6.83. The molecule has 1 fully saturated rings. The highest BCUT2D eigenvalue weighted by Crippen LogP contribution is 2.39. The normalized spacial score (nSPS) is 29.1. The van der Waals surface area contributed by atoms with Crippen LogP contribution < -0.4 is 10.2 Å². The van der Waals surface area contributed by atoms with Crippen LogP contribution in [0, 0.1) is 6.92 Å². The molecule has 1 N–H and O–H groups in total. The zero-order chi connectivity index (χ0) is 12.3. The molecule has 1 aromatic rings. The molecule has 0 amide bonds. The third-order valence-electron chi connectivity index (χ3n) is 4.62. The summed E-state index contributed by atoms with van der Waals surface area (Å²) in [5, 5.41) is 3.52. The maximum Gasteiger partial charge on any atom is 0.133 e. The summed E-state index contributed by atoms with van der Waals surface area (Å²) < 4.78 is 5.54. The zero-order valence-corrected chi connectivity index (χ0v) is 11.0. The van der Waals surface area contributed by atoms with Crippen LogP contribution in [0.4, 0.5) is 5.82 Å². The lowest BCUT2D eigenvalue weighted by molar-refractivity contribution is 0.133. The highest BCUT2D eigenvalue weighted by Gasteiger charge is 2.38. The lowest BCUT2D eigenvalue weighted by atomic mass is 10.0. The van der Waals surface area contributed by atoms with Gasteiger partial charge in [0.2, 0.25) is 0 Å². The number of pyridine rings is 1. The van der Waals surface area contributed by atoms with E-state index in [1.165, 1.54) is 22.5 Å². The summed E-state index contributed by atoms with van der Waals surface area (Å²) in [5.74, 6) is 1.23. The smallest absolute Gasteiger partial charge is 0.133 e. The highest BCUT2D eigenvalue weighted by atomic mass is 16.5. The first kappa shape index (κ1) is 10.8. The van der Waals surface area contributed by atoms with Crippen LogP contribution in [0.15, 0.2) is 0 Å². The van der Waals surface area contributed by atoms with E-state index < -0.39 is 0 Å². The molecule has 96 valence electrons. The predicted molar refractivity (Wildman–Crippen MR) is 69.8 cm³/mol. The Morgan fingerprint density at radius 1 is 1.28 bits per heavy atom. The minimum Gasteiger partial charge on any atom is -0.370 e. The van der Waals surface area contributed by atoms with Crippen molar-refractivity contribution in [3.05, 3.63) is 22.4 Å². The van der Waals surface area contributed by atoms with Gasteiger partial charge >= 0.3 is 0 Å². The van der Waals surface area contributed by atoms with E-state index >= 15 is 0 Å². The monoisotopic (exact) mass is 245 g/mol. The molecule has 0 unspecified atom stereocenters. The summed E-state index contributed by atoms with van der Waals surface area (Å²) in [7, 11) is 0. The predicted octanol–water partition coefficient (Wildman–Crippen LogP) is 1.14. The fourth-order valence-corrected chi connectivity index (χ4v) is 3.65. The molecule has 3 aliphatic rings. The molecular formula is C14H19N3O. The molecule has 0 radical (unpaired) electrons. The van der Waals surface area contributed by atoms with Crippen molar-refractivity contribution < 1.29 is 4.74 Å². The molecule has 0 bridgehead atoms. The second-order valence-corrected chi connectivity index (χ2v) is 5.73. The molecule has 0 aromatic carbocycles. The van der Waals surface area contributed by atoms with Gasteiger partial charge in [0.05, 0.1) is 18.9 Å².